The highest BCUT2D eigenvalue weighted by Crippen LogP contribution is 2.53. The lowest BCUT2D eigenvalue weighted by Gasteiger charge is -2.54. The van der Waals surface area contributed by atoms with E-state index in [1.807, 2.05) is 6.92 Å². The van der Waals surface area contributed by atoms with Gasteiger partial charge in [-0.2, -0.15) is 0 Å². The zero-order chi connectivity index (χ0) is 20.9. The van der Waals surface area contributed by atoms with Crippen LogP contribution in [0, 0.1) is 30.6 Å². The predicted molar refractivity (Wildman–Crippen MR) is 117 cm³/mol. The fraction of sp³-hybridized carbons (Fsp3) is 0.458. The summed E-state index contributed by atoms with van der Waals surface area (Å²) in [6.07, 6.45) is 6.44. The van der Waals surface area contributed by atoms with E-state index in [4.69, 9.17) is 0 Å². The van der Waals surface area contributed by atoms with Crippen molar-refractivity contribution < 1.29 is 13.2 Å². The van der Waals surface area contributed by atoms with Gasteiger partial charge in [-0.3, -0.25) is 9.52 Å². The number of carbonyl (C=O) groups is 1. The van der Waals surface area contributed by atoms with Crippen molar-refractivity contribution in [3.63, 3.8) is 0 Å². The van der Waals surface area contributed by atoms with Crippen molar-refractivity contribution in [1.82, 2.24) is 5.32 Å². The first-order valence-electron chi connectivity index (χ1n) is 10.9. The fourth-order valence-electron chi connectivity index (χ4n) is 6.02. The van der Waals surface area contributed by atoms with Gasteiger partial charge in [-0.25, -0.2) is 8.42 Å². The molecule has 0 spiro atoms. The summed E-state index contributed by atoms with van der Waals surface area (Å²) in [6, 6.07) is 13.7. The minimum Gasteiger partial charge on any atom is -0.349 e. The van der Waals surface area contributed by atoms with Gasteiger partial charge in [0, 0.05) is 17.3 Å². The molecule has 2 aromatic rings. The molecule has 6 heteroatoms. The van der Waals surface area contributed by atoms with Crippen molar-refractivity contribution in [3.05, 3.63) is 59.7 Å². The Labute approximate surface area is 178 Å². The standard InChI is InChI=1S/C24H28N2O3S/c1-15-2-8-22(9-3-15)30(28,29)26-21-6-4-18(5-7-21)24(27)25-23-19-11-16-10-17(13-19)14-20(23)12-16/h2-9,16-17,19-20,23,26H,10-14H2,1H3,(H,25,27). The first-order valence-corrected chi connectivity index (χ1v) is 12.4. The smallest absolute Gasteiger partial charge is 0.261 e. The van der Waals surface area contributed by atoms with E-state index in [0.717, 1.165) is 17.4 Å². The minimum atomic E-state index is -3.65. The number of anilines is 1. The van der Waals surface area contributed by atoms with Crippen LogP contribution in [0.5, 0.6) is 0 Å². The molecule has 2 N–H and O–H groups in total. The predicted octanol–water partition coefficient (Wildman–Crippen LogP) is 4.35. The molecule has 0 heterocycles. The second-order valence-corrected chi connectivity index (χ2v) is 11.1. The third-order valence-electron chi connectivity index (χ3n) is 7.26. The Morgan fingerprint density at radius 3 is 1.97 bits per heavy atom. The van der Waals surface area contributed by atoms with Crippen molar-refractivity contribution >= 4 is 21.6 Å². The van der Waals surface area contributed by atoms with Crippen LogP contribution in [0.4, 0.5) is 5.69 Å². The summed E-state index contributed by atoms with van der Waals surface area (Å²) >= 11 is 0. The molecule has 0 aromatic heterocycles. The Kier molecular flexibility index (Phi) is 4.85. The van der Waals surface area contributed by atoms with Crippen molar-refractivity contribution in [1.29, 1.82) is 0 Å². The van der Waals surface area contributed by atoms with E-state index in [2.05, 4.69) is 10.0 Å². The van der Waals surface area contributed by atoms with Gasteiger partial charge < -0.3 is 5.32 Å². The Balaban J connectivity index is 1.25. The van der Waals surface area contributed by atoms with E-state index >= 15 is 0 Å². The van der Waals surface area contributed by atoms with Gasteiger partial charge in [0.2, 0.25) is 0 Å². The number of carbonyl (C=O) groups excluding carboxylic acids is 1. The lowest BCUT2D eigenvalue weighted by molar-refractivity contribution is -0.0119. The molecule has 4 fully saturated rings. The second-order valence-electron chi connectivity index (χ2n) is 9.43. The number of rotatable bonds is 5. The summed E-state index contributed by atoms with van der Waals surface area (Å²) in [5.74, 6) is 2.96. The molecule has 5 nitrogen and oxygen atoms in total. The first kappa shape index (κ1) is 19.6. The number of amides is 1. The average Bonchev–Trinajstić information content (AvgIpc) is 2.70. The van der Waals surface area contributed by atoms with E-state index in [1.165, 1.54) is 32.1 Å². The van der Waals surface area contributed by atoms with Crippen LogP contribution in [-0.2, 0) is 10.0 Å². The van der Waals surface area contributed by atoms with Crippen LogP contribution < -0.4 is 10.0 Å². The Bertz CT molecular complexity index is 1020. The monoisotopic (exact) mass is 424 g/mol. The van der Waals surface area contributed by atoms with Gasteiger partial charge in [0.1, 0.15) is 0 Å². The SMILES string of the molecule is Cc1ccc(S(=O)(=O)Nc2ccc(C(=O)NC3C4CC5CC(C4)CC3C5)cc2)cc1. The van der Waals surface area contributed by atoms with Crippen LogP contribution in [0.3, 0.4) is 0 Å². The molecule has 0 saturated heterocycles. The molecule has 0 aliphatic heterocycles. The van der Waals surface area contributed by atoms with Gasteiger partial charge in [-0.1, -0.05) is 17.7 Å². The molecule has 30 heavy (non-hydrogen) atoms. The maximum absolute atomic E-state index is 12.8. The molecule has 4 bridgehead atoms. The maximum Gasteiger partial charge on any atom is 0.261 e. The number of hydrogen-bond acceptors (Lipinski definition) is 3. The molecule has 0 atom stereocenters. The summed E-state index contributed by atoms with van der Waals surface area (Å²) in [7, 11) is -3.65. The molecule has 6 rings (SSSR count). The zero-order valence-electron chi connectivity index (χ0n) is 17.2. The number of hydrogen-bond donors (Lipinski definition) is 2. The van der Waals surface area contributed by atoms with Crippen molar-refractivity contribution in [2.75, 3.05) is 4.72 Å². The van der Waals surface area contributed by atoms with E-state index in [-0.39, 0.29) is 10.8 Å². The van der Waals surface area contributed by atoms with Gasteiger partial charge >= 0.3 is 0 Å². The van der Waals surface area contributed by atoms with E-state index in [0.29, 0.717) is 29.1 Å². The quantitative estimate of drug-likeness (QED) is 0.749. The van der Waals surface area contributed by atoms with Gasteiger partial charge in [0.25, 0.3) is 15.9 Å². The number of nitrogens with one attached hydrogen (secondary N) is 2. The number of aryl methyl sites for hydroxylation is 1. The van der Waals surface area contributed by atoms with Gasteiger partial charge in [0.15, 0.2) is 0 Å². The van der Waals surface area contributed by atoms with Crippen molar-refractivity contribution in [3.8, 4) is 0 Å². The highest BCUT2D eigenvalue weighted by molar-refractivity contribution is 7.92. The van der Waals surface area contributed by atoms with Crippen LogP contribution in [0.15, 0.2) is 53.4 Å². The zero-order valence-corrected chi connectivity index (χ0v) is 18.0. The summed E-state index contributed by atoms with van der Waals surface area (Å²) in [5, 5.41) is 3.30. The highest BCUT2D eigenvalue weighted by atomic mass is 32.2. The summed E-state index contributed by atoms with van der Waals surface area (Å²) < 4.78 is 27.7. The van der Waals surface area contributed by atoms with Crippen LogP contribution in [0.1, 0.15) is 48.0 Å². The van der Waals surface area contributed by atoms with Crippen LogP contribution >= 0.6 is 0 Å². The van der Waals surface area contributed by atoms with Gasteiger partial charge in [0.05, 0.1) is 4.90 Å². The average molecular weight is 425 g/mol. The fourth-order valence-corrected chi connectivity index (χ4v) is 7.08. The van der Waals surface area contributed by atoms with Gasteiger partial charge in [-0.15, -0.1) is 0 Å². The highest BCUT2D eigenvalue weighted by Gasteiger charge is 2.48. The maximum atomic E-state index is 12.8. The summed E-state index contributed by atoms with van der Waals surface area (Å²) in [4.78, 5) is 13.1. The third kappa shape index (κ3) is 3.73. The topological polar surface area (TPSA) is 75.3 Å². The largest absolute Gasteiger partial charge is 0.349 e. The molecule has 0 unspecified atom stereocenters. The molecule has 0 radical (unpaired) electrons. The van der Waals surface area contributed by atoms with Crippen LogP contribution in [0.2, 0.25) is 0 Å². The van der Waals surface area contributed by atoms with E-state index in [9.17, 15) is 13.2 Å². The summed E-state index contributed by atoms with van der Waals surface area (Å²) in [5.41, 5.74) is 2.02. The first-order chi connectivity index (χ1) is 14.4. The Hall–Kier alpha value is -2.34. The number of sulfonamides is 1. The Morgan fingerprint density at radius 2 is 1.40 bits per heavy atom. The van der Waals surface area contributed by atoms with E-state index in [1.54, 1.807) is 48.5 Å². The second kappa shape index (κ2) is 7.41. The van der Waals surface area contributed by atoms with Crippen LogP contribution in [0.25, 0.3) is 0 Å². The molecule has 4 saturated carbocycles. The lowest BCUT2D eigenvalue weighted by Crippen LogP contribution is -2.55. The van der Waals surface area contributed by atoms with Crippen LogP contribution in [-0.4, -0.2) is 20.4 Å². The molecule has 4 aliphatic carbocycles. The molecular weight excluding hydrogens is 396 g/mol. The molecule has 158 valence electrons. The van der Waals surface area contributed by atoms with E-state index < -0.39 is 10.0 Å². The molecule has 4 aliphatic rings. The van der Waals surface area contributed by atoms with Gasteiger partial charge in [-0.05, 0) is 99.1 Å². The lowest BCUT2D eigenvalue weighted by atomic mass is 9.54. The molecule has 1 amide bonds. The molecular formula is C24H28N2O3S. The normalized spacial score (nSPS) is 29.6. The number of benzene rings is 2. The summed E-state index contributed by atoms with van der Waals surface area (Å²) in [6.45, 7) is 1.91. The molecule has 2 aromatic carbocycles. The minimum absolute atomic E-state index is 0.0552. The van der Waals surface area contributed by atoms with Crippen molar-refractivity contribution in [2.45, 2.75) is 50.0 Å². The Morgan fingerprint density at radius 1 is 0.833 bits per heavy atom. The van der Waals surface area contributed by atoms with Crippen molar-refractivity contribution in [2.24, 2.45) is 23.7 Å². The third-order valence-corrected chi connectivity index (χ3v) is 8.65.